The summed E-state index contributed by atoms with van der Waals surface area (Å²) in [5.74, 6) is -0.116. The zero-order valence-corrected chi connectivity index (χ0v) is 17.1. The van der Waals surface area contributed by atoms with Crippen molar-refractivity contribution >= 4 is 40.1 Å². The highest BCUT2D eigenvalue weighted by Gasteiger charge is 2.18. The van der Waals surface area contributed by atoms with E-state index in [1.54, 1.807) is 6.07 Å². The molecule has 0 atom stereocenters. The van der Waals surface area contributed by atoms with Gasteiger partial charge in [-0.1, -0.05) is 25.0 Å². The summed E-state index contributed by atoms with van der Waals surface area (Å²) in [4.78, 5) is 27.2. The van der Waals surface area contributed by atoms with Crippen molar-refractivity contribution in [1.82, 2.24) is 4.90 Å². The lowest BCUT2D eigenvalue weighted by atomic mass is 10.1. The first-order valence-electron chi connectivity index (χ1n) is 9.01. The highest BCUT2D eigenvalue weighted by Crippen LogP contribution is 2.18. The minimum absolute atomic E-state index is 0.0490. The van der Waals surface area contributed by atoms with Gasteiger partial charge < -0.3 is 10.2 Å². The smallest absolute Gasteiger partial charge is 0.255 e. The van der Waals surface area contributed by atoms with Gasteiger partial charge in [-0.05, 0) is 78.3 Å². The van der Waals surface area contributed by atoms with E-state index in [0.717, 1.165) is 35.1 Å². The average Bonchev–Trinajstić information content (AvgIpc) is 2.93. The van der Waals surface area contributed by atoms with E-state index in [1.807, 2.05) is 48.2 Å². The molecule has 4 nitrogen and oxygen atoms in total. The molecule has 0 bridgehead atoms. The summed E-state index contributed by atoms with van der Waals surface area (Å²) in [6.07, 6.45) is 4.51. The quantitative estimate of drug-likeness (QED) is 0.662. The fraction of sp³-hybridized carbons (Fsp3) is 0.333. The van der Waals surface area contributed by atoms with E-state index in [2.05, 4.69) is 27.9 Å². The van der Waals surface area contributed by atoms with Crippen LogP contribution in [0.4, 0.5) is 5.69 Å². The molecule has 1 saturated heterocycles. The summed E-state index contributed by atoms with van der Waals surface area (Å²) in [7, 11) is 0. The summed E-state index contributed by atoms with van der Waals surface area (Å²) in [5.41, 5.74) is 3.03. The average molecular weight is 462 g/mol. The Kier molecular flexibility index (Phi) is 6.29. The Morgan fingerprint density at radius 1 is 0.962 bits per heavy atom. The Morgan fingerprint density at radius 2 is 1.69 bits per heavy atom. The van der Waals surface area contributed by atoms with Crippen LogP contribution in [0.5, 0.6) is 0 Å². The lowest BCUT2D eigenvalue weighted by molar-refractivity contribution is 0.0761. The lowest BCUT2D eigenvalue weighted by Crippen LogP contribution is -2.31. The van der Waals surface area contributed by atoms with E-state index in [0.29, 0.717) is 16.8 Å². The first-order chi connectivity index (χ1) is 12.5. The van der Waals surface area contributed by atoms with Gasteiger partial charge in [0.05, 0.1) is 0 Å². The summed E-state index contributed by atoms with van der Waals surface area (Å²) < 4.78 is 1.06. The SMILES string of the molecule is Cc1ccc(C(=O)Nc2cccc(C(=O)N3CCCCCC3)c2)cc1I. The Labute approximate surface area is 168 Å². The van der Waals surface area contributed by atoms with Gasteiger partial charge >= 0.3 is 0 Å². The van der Waals surface area contributed by atoms with E-state index in [9.17, 15) is 9.59 Å². The van der Waals surface area contributed by atoms with Crippen LogP contribution in [0.2, 0.25) is 0 Å². The van der Waals surface area contributed by atoms with Crippen molar-refractivity contribution in [2.45, 2.75) is 32.6 Å². The van der Waals surface area contributed by atoms with Crippen LogP contribution >= 0.6 is 22.6 Å². The van der Waals surface area contributed by atoms with Crippen LogP contribution in [0.1, 0.15) is 52.0 Å². The Balaban J connectivity index is 1.73. The molecular weight excluding hydrogens is 439 g/mol. The van der Waals surface area contributed by atoms with Crippen LogP contribution in [0.25, 0.3) is 0 Å². The van der Waals surface area contributed by atoms with Crippen molar-refractivity contribution in [3.63, 3.8) is 0 Å². The number of rotatable bonds is 3. The number of amides is 2. The number of aryl methyl sites for hydroxylation is 1. The summed E-state index contributed by atoms with van der Waals surface area (Å²) in [6, 6.07) is 12.9. The predicted octanol–water partition coefficient (Wildman–Crippen LogP) is 4.87. The second-order valence-corrected chi connectivity index (χ2v) is 7.87. The zero-order valence-electron chi connectivity index (χ0n) is 14.9. The van der Waals surface area contributed by atoms with Gasteiger partial charge in [0.15, 0.2) is 0 Å². The minimum atomic E-state index is -0.165. The number of nitrogens with one attached hydrogen (secondary N) is 1. The van der Waals surface area contributed by atoms with Gasteiger partial charge in [0.2, 0.25) is 0 Å². The third kappa shape index (κ3) is 4.63. The van der Waals surface area contributed by atoms with E-state index in [-0.39, 0.29) is 11.8 Å². The number of hydrogen-bond donors (Lipinski definition) is 1. The fourth-order valence-electron chi connectivity index (χ4n) is 3.12. The van der Waals surface area contributed by atoms with Crippen LogP contribution in [0.3, 0.4) is 0 Å². The van der Waals surface area contributed by atoms with Gasteiger partial charge in [-0.2, -0.15) is 0 Å². The largest absolute Gasteiger partial charge is 0.339 e. The Morgan fingerprint density at radius 3 is 2.38 bits per heavy atom. The molecule has 2 aromatic rings. The predicted molar refractivity (Wildman–Crippen MR) is 113 cm³/mol. The number of nitrogens with zero attached hydrogens (tertiary/aromatic N) is 1. The molecule has 0 radical (unpaired) electrons. The van der Waals surface area contributed by atoms with Gasteiger partial charge in [-0.15, -0.1) is 0 Å². The maximum Gasteiger partial charge on any atom is 0.255 e. The van der Waals surface area contributed by atoms with E-state index in [4.69, 9.17) is 0 Å². The number of anilines is 1. The fourth-order valence-corrected chi connectivity index (χ4v) is 3.64. The topological polar surface area (TPSA) is 49.4 Å². The van der Waals surface area contributed by atoms with Crippen molar-refractivity contribution in [3.8, 4) is 0 Å². The number of carbonyl (C=O) groups is 2. The highest BCUT2D eigenvalue weighted by atomic mass is 127. The lowest BCUT2D eigenvalue weighted by Gasteiger charge is -2.20. The second-order valence-electron chi connectivity index (χ2n) is 6.71. The molecule has 0 unspecified atom stereocenters. The molecule has 1 aliphatic rings. The third-order valence-corrected chi connectivity index (χ3v) is 5.86. The standard InChI is InChI=1S/C21H23IN2O2/c1-15-9-10-16(14-19(15)22)20(25)23-18-8-6-7-17(13-18)21(26)24-11-4-2-3-5-12-24/h6-10,13-14H,2-5,11-12H2,1H3,(H,23,25). The van der Waals surface area contributed by atoms with Crippen LogP contribution in [-0.2, 0) is 0 Å². The molecule has 1 heterocycles. The number of benzene rings is 2. The Bertz CT molecular complexity index is 811. The summed E-state index contributed by atoms with van der Waals surface area (Å²) >= 11 is 2.23. The second kappa shape index (κ2) is 8.66. The van der Waals surface area contributed by atoms with Gasteiger partial charge in [-0.3, -0.25) is 9.59 Å². The Hall–Kier alpha value is -1.89. The van der Waals surface area contributed by atoms with Crippen molar-refractivity contribution in [1.29, 1.82) is 0 Å². The molecule has 0 saturated carbocycles. The molecule has 2 amide bonds. The number of halogens is 1. The highest BCUT2D eigenvalue weighted by molar-refractivity contribution is 14.1. The van der Waals surface area contributed by atoms with Crippen molar-refractivity contribution in [2.24, 2.45) is 0 Å². The summed E-state index contributed by atoms with van der Waals surface area (Å²) in [6.45, 7) is 3.65. The van der Waals surface area contributed by atoms with Crippen LogP contribution in [0, 0.1) is 10.5 Å². The molecule has 1 N–H and O–H groups in total. The molecule has 0 aliphatic carbocycles. The maximum absolute atomic E-state index is 12.8. The maximum atomic E-state index is 12.8. The molecule has 5 heteroatoms. The monoisotopic (exact) mass is 462 g/mol. The molecular formula is C21H23IN2O2. The molecule has 0 spiro atoms. The van der Waals surface area contributed by atoms with E-state index < -0.39 is 0 Å². The van der Waals surface area contributed by atoms with Gasteiger partial charge in [0.25, 0.3) is 11.8 Å². The molecule has 1 fully saturated rings. The third-order valence-electron chi connectivity index (χ3n) is 4.69. The van der Waals surface area contributed by atoms with Crippen LogP contribution < -0.4 is 5.32 Å². The van der Waals surface area contributed by atoms with Crippen molar-refractivity contribution in [3.05, 3.63) is 62.7 Å². The van der Waals surface area contributed by atoms with Gasteiger partial charge in [0.1, 0.15) is 0 Å². The first-order valence-corrected chi connectivity index (χ1v) is 10.1. The van der Waals surface area contributed by atoms with Gasteiger partial charge in [0, 0.05) is 33.5 Å². The van der Waals surface area contributed by atoms with E-state index in [1.165, 1.54) is 12.8 Å². The molecule has 26 heavy (non-hydrogen) atoms. The number of hydrogen-bond acceptors (Lipinski definition) is 2. The van der Waals surface area contributed by atoms with Gasteiger partial charge in [-0.25, -0.2) is 0 Å². The molecule has 136 valence electrons. The zero-order chi connectivity index (χ0) is 18.5. The van der Waals surface area contributed by atoms with Crippen molar-refractivity contribution < 1.29 is 9.59 Å². The molecule has 1 aliphatic heterocycles. The molecule has 3 rings (SSSR count). The van der Waals surface area contributed by atoms with Crippen molar-refractivity contribution in [2.75, 3.05) is 18.4 Å². The number of carbonyl (C=O) groups excluding carboxylic acids is 2. The summed E-state index contributed by atoms with van der Waals surface area (Å²) in [5, 5.41) is 2.90. The van der Waals surface area contributed by atoms with E-state index >= 15 is 0 Å². The normalized spacial score (nSPS) is 14.6. The molecule has 0 aromatic heterocycles. The van der Waals surface area contributed by atoms with Crippen LogP contribution in [-0.4, -0.2) is 29.8 Å². The number of likely N-dealkylation sites (tertiary alicyclic amines) is 1. The molecule has 2 aromatic carbocycles. The van der Waals surface area contributed by atoms with Crippen LogP contribution in [0.15, 0.2) is 42.5 Å². The first kappa shape index (κ1) is 18.9. The minimum Gasteiger partial charge on any atom is -0.339 e.